The number of hydrogen-bond donors (Lipinski definition) is 1. The van der Waals surface area contributed by atoms with Gasteiger partial charge in [0.05, 0.1) is 24.4 Å². The van der Waals surface area contributed by atoms with Crippen LogP contribution in [0.4, 0.5) is 5.95 Å². The Morgan fingerprint density at radius 1 is 1.38 bits per heavy atom. The summed E-state index contributed by atoms with van der Waals surface area (Å²) in [6, 6.07) is 3.69. The molecular formula is C18H26N6O2. The van der Waals surface area contributed by atoms with Crippen LogP contribution in [-0.4, -0.2) is 67.9 Å². The van der Waals surface area contributed by atoms with Crippen LogP contribution < -0.4 is 4.90 Å². The van der Waals surface area contributed by atoms with Gasteiger partial charge in [-0.2, -0.15) is 5.10 Å². The number of likely N-dealkylation sites (N-methyl/N-ethyl adjacent to an activating group) is 1. The molecule has 0 radical (unpaired) electrons. The van der Waals surface area contributed by atoms with Crippen LogP contribution in [0.1, 0.15) is 25.0 Å². The van der Waals surface area contributed by atoms with Crippen LogP contribution in [0.5, 0.6) is 0 Å². The summed E-state index contributed by atoms with van der Waals surface area (Å²) in [6.07, 6.45) is 7.12. The molecule has 1 unspecified atom stereocenters. The van der Waals surface area contributed by atoms with E-state index in [4.69, 9.17) is 0 Å². The van der Waals surface area contributed by atoms with Crippen molar-refractivity contribution >= 4 is 11.9 Å². The molecule has 1 aliphatic rings. The quantitative estimate of drug-likeness (QED) is 0.824. The fourth-order valence-corrected chi connectivity index (χ4v) is 3.39. The van der Waals surface area contributed by atoms with Gasteiger partial charge in [0.15, 0.2) is 0 Å². The smallest absolute Gasteiger partial charge is 0.225 e. The minimum Gasteiger partial charge on any atom is -0.386 e. The molecule has 1 fully saturated rings. The van der Waals surface area contributed by atoms with Crippen molar-refractivity contribution in [3.63, 3.8) is 0 Å². The van der Waals surface area contributed by atoms with Gasteiger partial charge >= 0.3 is 0 Å². The van der Waals surface area contributed by atoms with E-state index >= 15 is 0 Å². The predicted octanol–water partition coefficient (Wildman–Crippen LogP) is 0.862. The molecule has 8 nitrogen and oxygen atoms in total. The number of piperidine rings is 1. The molecule has 3 rings (SSSR count). The van der Waals surface area contributed by atoms with Crippen LogP contribution in [0.3, 0.4) is 0 Å². The van der Waals surface area contributed by atoms with E-state index in [9.17, 15) is 9.90 Å². The molecular weight excluding hydrogens is 332 g/mol. The molecule has 26 heavy (non-hydrogen) atoms. The van der Waals surface area contributed by atoms with Gasteiger partial charge in [-0.25, -0.2) is 9.97 Å². The Hall–Kier alpha value is -2.48. The number of nitrogens with zero attached hydrogens (tertiary/aromatic N) is 6. The van der Waals surface area contributed by atoms with Crippen LogP contribution in [0, 0.1) is 6.92 Å². The van der Waals surface area contributed by atoms with Crippen LogP contribution in [0.15, 0.2) is 30.7 Å². The summed E-state index contributed by atoms with van der Waals surface area (Å²) in [4.78, 5) is 24.5. The second kappa shape index (κ2) is 7.82. The lowest BCUT2D eigenvalue weighted by Gasteiger charge is -2.41. The molecule has 0 aromatic carbocycles. The predicted molar refractivity (Wildman–Crippen MR) is 97.6 cm³/mol. The van der Waals surface area contributed by atoms with Gasteiger partial charge in [-0.05, 0) is 31.9 Å². The monoisotopic (exact) mass is 358 g/mol. The number of carbonyl (C=O) groups excluding carboxylic acids is 1. The second-order valence-electron chi connectivity index (χ2n) is 7.02. The van der Waals surface area contributed by atoms with E-state index in [1.165, 1.54) is 0 Å². The van der Waals surface area contributed by atoms with E-state index in [1.54, 1.807) is 35.1 Å². The topological polar surface area (TPSA) is 87.4 Å². The van der Waals surface area contributed by atoms with E-state index in [0.29, 0.717) is 38.4 Å². The minimum absolute atomic E-state index is 0.000312. The highest BCUT2D eigenvalue weighted by atomic mass is 16.3. The number of aromatic nitrogens is 4. The van der Waals surface area contributed by atoms with Gasteiger partial charge in [0.2, 0.25) is 11.9 Å². The first-order valence-corrected chi connectivity index (χ1v) is 8.94. The highest BCUT2D eigenvalue weighted by Crippen LogP contribution is 2.24. The van der Waals surface area contributed by atoms with Crippen molar-refractivity contribution in [2.75, 3.05) is 31.6 Å². The summed E-state index contributed by atoms with van der Waals surface area (Å²) in [7, 11) is 1.74. The van der Waals surface area contributed by atoms with Crippen molar-refractivity contribution in [1.82, 2.24) is 24.6 Å². The van der Waals surface area contributed by atoms with Crippen LogP contribution in [0.25, 0.3) is 0 Å². The van der Waals surface area contributed by atoms with Gasteiger partial charge in [0.25, 0.3) is 0 Å². The summed E-state index contributed by atoms with van der Waals surface area (Å²) < 4.78 is 1.77. The first-order chi connectivity index (χ1) is 12.5. The Kier molecular flexibility index (Phi) is 5.51. The molecule has 1 N–H and O–H groups in total. The van der Waals surface area contributed by atoms with E-state index in [-0.39, 0.29) is 5.91 Å². The fraction of sp³-hybridized carbons (Fsp3) is 0.556. The van der Waals surface area contributed by atoms with Crippen molar-refractivity contribution in [2.45, 2.75) is 38.3 Å². The van der Waals surface area contributed by atoms with Gasteiger partial charge in [-0.3, -0.25) is 9.48 Å². The average Bonchev–Trinajstić information content (AvgIpc) is 3.05. The standard InChI is InChI=1S/C18H26N6O2/c1-15-5-11-24(21-15)12-6-16(25)22(2)13-18(26)7-3-10-23(14-18)17-19-8-4-9-20-17/h4-5,8-9,11,26H,3,6-7,10,12-14H2,1-2H3. The molecule has 1 amide bonds. The Morgan fingerprint density at radius 2 is 2.15 bits per heavy atom. The Labute approximate surface area is 153 Å². The summed E-state index contributed by atoms with van der Waals surface area (Å²) in [5.41, 5.74) is -0.0185. The highest BCUT2D eigenvalue weighted by Gasteiger charge is 2.36. The molecule has 0 saturated carbocycles. The summed E-state index contributed by atoms with van der Waals surface area (Å²) >= 11 is 0. The Morgan fingerprint density at radius 3 is 2.85 bits per heavy atom. The average molecular weight is 358 g/mol. The fourth-order valence-electron chi connectivity index (χ4n) is 3.39. The highest BCUT2D eigenvalue weighted by molar-refractivity contribution is 5.75. The lowest BCUT2D eigenvalue weighted by molar-refractivity contribution is -0.133. The third-order valence-corrected chi connectivity index (χ3v) is 4.68. The van der Waals surface area contributed by atoms with Crippen LogP contribution >= 0.6 is 0 Å². The third-order valence-electron chi connectivity index (χ3n) is 4.68. The zero-order valence-electron chi connectivity index (χ0n) is 15.4. The van der Waals surface area contributed by atoms with Gasteiger partial charge < -0.3 is 14.9 Å². The molecule has 8 heteroatoms. The SMILES string of the molecule is Cc1ccn(CCC(=O)N(C)CC2(O)CCCN(c3ncccn3)C2)n1. The van der Waals surface area contributed by atoms with Crippen LogP contribution in [-0.2, 0) is 11.3 Å². The number of hydrogen-bond acceptors (Lipinski definition) is 6. The van der Waals surface area contributed by atoms with Gasteiger partial charge in [0.1, 0.15) is 0 Å². The molecule has 1 atom stereocenters. The first kappa shape index (κ1) is 18.3. The van der Waals surface area contributed by atoms with E-state index in [1.807, 2.05) is 24.1 Å². The largest absolute Gasteiger partial charge is 0.386 e. The third kappa shape index (κ3) is 4.57. The molecule has 2 aromatic heterocycles. The summed E-state index contributed by atoms with van der Waals surface area (Å²) in [5, 5.41) is 15.3. The molecule has 0 bridgehead atoms. The van der Waals surface area contributed by atoms with E-state index in [2.05, 4.69) is 15.1 Å². The molecule has 3 heterocycles. The maximum absolute atomic E-state index is 12.4. The van der Waals surface area contributed by atoms with Crippen LogP contribution in [0.2, 0.25) is 0 Å². The van der Waals surface area contributed by atoms with E-state index < -0.39 is 5.60 Å². The normalized spacial score (nSPS) is 20.2. The molecule has 0 aliphatic carbocycles. The number of anilines is 1. The summed E-state index contributed by atoms with van der Waals surface area (Å²) in [6.45, 7) is 3.99. The van der Waals surface area contributed by atoms with Gasteiger partial charge in [0, 0.05) is 45.1 Å². The second-order valence-corrected chi connectivity index (χ2v) is 7.02. The number of carbonyl (C=O) groups is 1. The van der Waals surface area contributed by atoms with Crippen molar-refractivity contribution < 1.29 is 9.90 Å². The lowest BCUT2D eigenvalue weighted by atomic mass is 9.92. The minimum atomic E-state index is -0.954. The molecule has 1 saturated heterocycles. The van der Waals surface area contributed by atoms with E-state index in [0.717, 1.165) is 18.7 Å². The van der Waals surface area contributed by atoms with Gasteiger partial charge in [-0.1, -0.05) is 0 Å². The van der Waals surface area contributed by atoms with Crippen molar-refractivity contribution in [3.8, 4) is 0 Å². The summed E-state index contributed by atoms with van der Waals surface area (Å²) in [5.74, 6) is 0.619. The van der Waals surface area contributed by atoms with Crippen molar-refractivity contribution in [2.24, 2.45) is 0 Å². The zero-order chi connectivity index (χ0) is 18.6. The lowest BCUT2D eigenvalue weighted by Crippen LogP contribution is -2.55. The van der Waals surface area contributed by atoms with Crippen molar-refractivity contribution in [3.05, 3.63) is 36.4 Å². The zero-order valence-corrected chi connectivity index (χ0v) is 15.4. The number of rotatable bonds is 6. The number of aryl methyl sites for hydroxylation is 2. The number of β-amino-alcohol motifs (C(OH)–C–C–N with tert-alkyl or cyclic N) is 1. The number of aliphatic hydroxyl groups is 1. The van der Waals surface area contributed by atoms with Gasteiger partial charge in [-0.15, -0.1) is 0 Å². The Bertz CT molecular complexity index is 734. The molecule has 0 spiro atoms. The number of amides is 1. The molecule has 1 aliphatic heterocycles. The maximum atomic E-state index is 12.4. The molecule has 140 valence electrons. The maximum Gasteiger partial charge on any atom is 0.225 e. The molecule has 2 aromatic rings. The first-order valence-electron chi connectivity index (χ1n) is 8.94. The van der Waals surface area contributed by atoms with Crippen molar-refractivity contribution in [1.29, 1.82) is 0 Å². The Balaban J connectivity index is 1.55.